The lowest BCUT2D eigenvalue weighted by Gasteiger charge is -2.07. The fourth-order valence-corrected chi connectivity index (χ4v) is 2.27. The summed E-state index contributed by atoms with van der Waals surface area (Å²) in [5, 5.41) is 0.591. The zero-order chi connectivity index (χ0) is 13.3. The van der Waals surface area contributed by atoms with E-state index in [0.29, 0.717) is 10.6 Å². The Bertz CT molecular complexity index is 594. The van der Waals surface area contributed by atoms with Gasteiger partial charge in [0.1, 0.15) is 0 Å². The molecule has 0 unspecified atom stereocenters. The van der Waals surface area contributed by atoms with Gasteiger partial charge in [-0.25, -0.2) is 0 Å². The van der Waals surface area contributed by atoms with Crippen LogP contribution in [0.4, 0.5) is 0 Å². The van der Waals surface area contributed by atoms with E-state index in [-0.39, 0.29) is 5.78 Å². The summed E-state index contributed by atoms with van der Waals surface area (Å²) in [4.78, 5) is 12.5. The van der Waals surface area contributed by atoms with Gasteiger partial charge in [0.25, 0.3) is 0 Å². The molecule has 2 heteroatoms. The van der Waals surface area contributed by atoms with Crippen molar-refractivity contribution in [3.63, 3.8) is 0 Å². The van der Waals surface area contributed by atoms with Crippen LogP contribution in [0.5, 0.6) is 0 Å². The second kappa shape index (κ2) is 4.95. The van der Waals surface area contributed by atoms with Gasteiger partial charge in [0.05, 0.1) is 0 Å². The van der Waals surface area contributed by atoms with Gasteiger partial charge in [-0.2, -0.15) is 0 Å². The minimum absolute atomic E-state index is 0.0294. The Morgan fingerprint density at radius 3 is 2.17 bits per heavy atom. The smallest absolute Gasteiger partial charge is 0.193 e. The van der Waals surface area contributed by atoms with Crippen molar-refractivity contribution in [1.29, 1.82) is 0 Å². The number of ketones is 1. The van der Waals surface area contributed by atoms with Gasteiger partial charge < -0.3 is 0 Å². The first-order valence-electron chi connectivity index (χ1n) is 5.86. The van der Waals surface area contributed by atoms with E-state index in [1.165, 1.54) is 0 Å². The molecule has 0 aliphatic carbocycles. The molecule has 0 saturated carbocycles. The van der Waals surface area contributed by atoms with E-state index in [1.807, 2.05) is 39.0 Å². The predicted molar refractivity (Wildman–Crippen MR) is 75.5 cm³/mol. The Labute approximate surface area is 112 Å². The molecule has 0 heterocycles. The standard InChI is InChI=1S/C16H15ClO/c1-10-6-11(2)8-13(7-10)16(18)15-9-14(17)5-4-12(15)3/h4-9H,1-3H3. The Hall–Kier alpha value is -1.60. The highest BCUT2D eigenvalue weighted by Gasteiger charge is 2.12. The first-order valence-corrected chi connectivity index (χ1v) is 6.24. The normalized spacial score (nSPS) is 10.4. The van der Waals surface area contributed by atoms with Gasteiger partial charge in [0.15, 0.2) is 5.78 Å². The number of carbonyl (C=O) groups is 1. The Morgan fingerprint density at radius 2 is 1.56 bits per heavy atom. The Morgan fingerprint density at radius 1 is 0.944 bits per heavy atom. The molecule has 0 fully saturated rings. The first-order chi connectivity index (χ1) is 8.47. The maximum atomic E-state index is 12.5. The van der Waals surface area contributed by atoms with Gasteiger partial charge in [-0.3, -0.25) is 4.79 Å². The van der Waals surface area contributed by atoms with Crippen LogP contribution in [0.25, 0.3) is 0 Å². The summed E-state index contributed by atoms with van der Waals surface area (Å²) < 4.78 is 0. The largest absolute Gasteiger partial charge is 0.289 e. The van der Waals surface area contributed by atoms with Crippen molar-refractivity contribution < 1.29 is 4.79 Å². The van der Waals surface area contributed by atoms with Crippen LogP contribution in [0.2, 0.25) is 5.02 Å². The van der Waals surface area contributed by atoms with Gasteiger partial charge in [-0.05, 0) is 50.6 Å². The van der Waals surface area contributed by atoms with Crippen molar-refractivity contribution in [3.05, 3.63) is 69.2 Å². The maximum absolute atomic E-state index is 12.5. The summed E-state index contributed by atoms with van der Waals surface area (Å²) in [5.74, 6) is 0.0294. The summed E-state index contributed by atoms with van der Waals surface area (Å²) in [6.45, 7) is 5.91. The monoisotopic (exact) mass is 258 g/mol. The lowest BCUT2D eigenvalue weighted by molar-refractivity contribution is 0.103. The SMILES string of the molecule is Cc1cc(C)cc(C(=O)c2cc(Cl)ccc2C)c1. The summed E-state index contributed by atoms with van der Waals surface area (Å²) in [5.41, 5.74) is 4.53. The van der Waals surface area contributed by atoms with Crippen molar-refractivity contribution in [2.45, 2.75) is 20.8 Å². The van der Waals surface area contributed by atoms with E-state index < -0.39 is 0 Å². The van der Waals surface area contributed by atoms with Gasteiger partial charge in [0.2, 0.25) is 0 Å². The molecule has 92 valence electrons. The Kier molecular flexibility index (Phi) is 3.53. The Balaban J connectivity index is 2.51. The van der Waals surface area contributed by atoms with Crippen molar-refractivity contribution in [3.8, 4) is 0 Å². The third-order valence-electron chi connectivity index (χ3n) is 2.93. The fourth-order valence-electron chi connectivity index (χ4n) is 2.10. The number of hydrogen-bond acceptors (Lipinski definition) is 1. The zero-order valence-electron chi connectivity index (χ0n) is 10.8. The molecule has 0 aliphatic rings. The summed E-state index contributed by atoms with van der Waals surface area (Å²) in [6.07, 6.45) is 0. The molecule has 2 aromatic rings. The second-order valence-corrected chi connectivity index (χ2v) is 5.10. The molecule has 0 aliphatic heterocycles. The third kappa shape index (κ3) is 2.62. The van der Waals surface area contributed by atoms with Crippen molar-refractivity contribution in [1.82, 2.24) is 0 Å². The van der Waals surface area contributed by atoms with Gasteiger partial charge in [-0.15, -0.1) is 0 Å². The van der Waals surface area contributed by atoms with Crippen LogP contribution in [0.1, 0.15) is 32.6 Å². The number of hydrogen-bond donors (Lipinski definition) is 0. The van der Waals surface area contributed by atoms with E-state index in [2.05, 4.69) is 6.07 Å². The van der Waals surface area contributed by atoms with Gasteiger partial charge in [0, 0.05) is 16.1 Å². The van der Waals surface area contributed by atoms with Crippen molar-refractivity contribution in [2.75, 3.05) is 0 Å². The molecule has 0 bridgehead atoms. The van der Waals surface area contributed by atoms with Crippen LogP contribution in [0, 0.1) is 20.8 Å². The van der Waals surface area contributed by atoms with Crippen LogP contribution < -0.4 is 0 Å². The van der Waals surface area contributed by atoms with Crippen LogP contribution in [0.15, 0.2) is 36.4 Å². The average Bonchev–Trinajstić information content (AvgIpc) is 2.30. The minimum Gasteiger partial charge on any atom is -0.289 e. The highest BCUT2D eigenvalue weighted by molar-refractivity contribution is 6.31. The van der Waals surface area contributed by atoms with Crippen molar-refractivity contribution >= 4 is 17.4 Å². The molecule has 0 spiro atoms. The first kappa shape index (κ1) is 12.8. The molecular weight excluding hydrogens is 244 g/mol. The second-order valence-electron chi connectivity index (χ2n) is 4.66. The maximum Gasteiger partial charge on any atom is 0.193 e. The minimum atomic E-state index is 0.0294. The van der Waals surface area contributed by atoms with E-state index in [0.717, 1.165) is 22.3 Å². The average molecular weight is 259 g/mol. The van der Waals surface area contributed by atoms with E-state index in [4.69, 9.17) is 11.6 Å². The van der Waals surface area contributed by atoms with Crippen LogP contribution in [-0.2, 0) is 0 Å². The molecule has 0 atom stereocenters. The number of benzene rings is 2. The third-order valence-corrected chi connectivity index (χ3v) is 3.16. The van der Waals surface area contributed by atoms with Crippen LogP contribution in [0.3, 0.4) is 0 Å². The molecule has 0 amide bonds. The molecule has 1 nitrogen and oxygen atoms in total. The molecule has 0 radical (unpaired) electrons. The number of rotatable bonds is 2. The molecule has 0 aromatic heterocycles. The number of halogens is 1. The van der Waals surface area contributed by atoms with Gasteiger partial charge in [-0.1, -0.05) is 34.9 Å². The highest BCUT2D eigenvalue weighted by Crippen LogP contribution is 2.20. The fraction of sp³-hybridized carbons (Fsp3) is 0.188. The lowest BCUT2D eigenvalue weighted by Crippen LogP contribution is -2.04. The summed E-state index contributed by atoms with van der Waals surface area (Å²) in [7, 11) is 0. The van der Waals surface area contributed by atoms with Crippen LogP contribution in [-0.4, -0.2) is 5.78 Å². The lowest BCUT2D eigenvalue weighted by atomic mass is 9.97. The van der Waals surface area contributed by atoms with Crippen LogP contribution >= 0.6 is 11.6 Å². The quantitative estimate of drug-likeness (QED) is 0.725. The molecule has 2 rings (SSSR count). The van der Waals surface area contributed by atoms with Crippen molar-refractivity contribution in [2.24, 2.45) is 0 Å². The molecule has 0 saturated heterocycles. The predicted octanol–water partition coefficient (Wildman–Crippen LogP) is 4.50. The van der Waals surface area contributed by atoms with E-state index >= 15 is 0 Å². The zero-order valence-corrected chi connectivity index (χ0v) is 11.5. The molecule has 18 heavy (non-hydrogen) atoms. The summed E-state index contributed by atoms with van der Waals surface area (Å²) >= 11 is 5.96. The van der Waals surface area contributed by atoms with E-state index in [9.17, 15) is 4.79 Å². The highest BCUT2D eigenvalue weighted by atomic mass is 35.5. The molecular formula is C16H15ClO. The molecule has 2 aromatic carbocycles. The molecule has 0 N–H and O–H groups in total. The van der Waals surface area contributed by atoms with Gasteiger partial charge >= 0.3 is 0 Å². The number of aryl methyl sites for hydroxylation is 3. The topological polar surface area (TPSA) is 17.1 Å². The number of carbonyl (C=O) groups excluding carboxylic acids is 1. The summed E-state index contributed by atoms with van der Waals surface area (Å²) in [6, 6.07) is 11.3. The van der Waals surface area contributed by atoms with E-state index in [1.54, 1.807) is 12.1 Å².